The van der Waals surface area contributed by atoms with Crippen molar-refractivity contribution < 1.29 is 4.74 Å². The number of fused-ring (bicyclic) bond motifs is 3. The zero-order valence-electron chi connectivity index (χ0n) is 11.9. The van der Waals surface area contributed by atoms with Gasteiger partial charge in [0.25, 0.3) is 0 Å². The highest BCUT2D eigenvalue weighted by Crippen LogP contribution is 2.44. The van der Waals surface area contributed by atoms with Gasteiger partial charge in [0.1, 0.15) is 11.9 Å². The maximum absolute atomic E-state index is 6.28. The van der Waals surface area contributed by atoms with Crippen molar-refractivity contribution in [2.45, 2.75) is 13.0 Å². The topological polar surface area (TPSA) is 9.23 Å². The van der Waals surface area contributed by atoms with Gasteiger partial charge in [-0.3, -0.25) is 0 Å². The summed E-state index contributed by atoms with van der Waals surface area (Å²) in [5, 5.41) is 0. The van der Waals surface area contributed by atoms with Crippen LogP contribution in [-0.4, -0.2) is 0 Å². The van der Waals surface area contributed by atoms with Crippen molar-refractivity contribution >= 4 is 0 Å². The van der Waals surface area contributed by atoms with Crippen molar-refractivity contribution in [1.82, 2.24) is 0 Å². The molecule has 1 atom stereocenters. The van der Waals surface area contributed by atoms with Gasteiger partial charge < -0.3 is 4.74 Å². The summed E-state index contributed by atoms with van der Waals surface area (Å²) in [7, 11) is 0. The molecule has 3 aromatic rings. The molecule has 1 aliphatic heterocycles. The highest BCUT2D eigenvalue weighted by atomic mass is 16.5. The SMILES string of the molecule is Cc1ccc([C@H]2Oc3ccccc3-c3ccccc32)cc1. The molecule has 3 aromatic carbocycles. The van der Waals surface area contributed by atoms with Gasteiger partial charge in [-0.15, -0.1) is 0 Å². The molecule has 1 heterocycles. The van der Waals surface area contributed by atoms with Crippen LogP contribution in [0.5, 0.6) is 5.75 Å². The van der Waals surface area contributed by atoms with E-state index in [0.717, 1.165) is 5.75 Å². The fourth-order valence-electron chi connectivity index (χ4n) is 2.94. The standard InChI is InChI=1S/C20H16O/c1-14-10-12-15(13-11-14)20-18-8-3-2-6-16(18)17-7-4-5-9-19(17)21-20/h2-13,20H,1H3/t20-/m1/s1. The molecule has 0 amide bonds. The third-order valence-corrected chi connectivity index (χ3v) is 4.05. The first-order valence-corrected chi connectivity index (χ1v) is 7.24. The highest BCUT2D eigenvalue weighted by molar-refractivity contribution is 5.76. The summed E-state index contributed by atoms with van der Waals surface area (Å²) < 4.78 is 6.28. The number of hydrogen-bond donors (Lipinski definition) is 0. The van der Waals surface area contributed by atoms with Crippen LogP contribution in [0.1, 0.15) is 22.8 Å². The minimum atomic E-state index is -0.0308. The van der Waals surface area contributed by atoms with Gasteiger partial charge in [0.05, 0.1) is 0 Å². The summed E-state index contributed by atoms with van der Waals surface area (Å²) in [5.74, 6) is 0.960. The molecule has 0 unspecified atom stereocenters. The third-order valence-electron chi connectivity index (χ3n) is 4.05. The highest BCUT2D eigenvalue weighted by Gasteiger charge is 2.26. The average molecular weight is 272 g/mol. The Morgan fingerprint density at radius 1 is 0.714 bits per heavy atom. The molecule has 0 spiro atoms. The van der Waals surface area contributed by atoms with E-state index < -0.39 is 0 Å². The summed E-state index contributed by atoms with van der Waals surface area (Å²) in [5.41, 5.74) is 6.15. The fourth-order valence-corrected chi connectivity index (χ4v) is 2.94. The second-order valence-corrected chi connectivity index (χ2v) is 5.49. The normalized spacial score (nSPS) is 15.8. The van der Waals surface area contributed by atoms with Crippen LogP contribution in [0.4, 0.5) is 0 Å². The van der Waals surface area contributed by atoms with E-state index >= 15 is 0 Å². The van der Waals surface area contributed by atoms with Crippen LogP contribution in [0, 0.1) is 6.92 Å². The molecular weight excluding hydrogens is 256 g/mol. The summed E-state index contributed by atoms with van der Waals surface area (Å²) >= 11 is 0. The molecule has 0 aromatic heterocycles. The molecule has 0 bridgehead atoms. The Labute approximate surface area is 124 Å². The lowest BCUT2D eigenvalue weighted by Gasteiger charge is -2.29. The van der Waals surface area contributed by atoms with Crippen LogP contribution in [0.15, 0.2) is 72.8 Å². The largest absolute Gasteiger partial charge is 0.480 e. The second-order valence-electron chi connectivity index (χ2n) is 5.49. The Hall–Kier alpha value is -2.54. The Balaban J connectivity index is 1.90. The number of benzene rings is 3. The maximum atomic E-state index is 6.28. The van der Waals surface area contributed by atoms with Crippen molar-refractivity contribution in [2.75, 3.05) is 0 Å². The molecule has 0 aliphatic carbocycles. The zero-order chi connectivity index (χ0) is 14.2. The number of rotatable bonds is 1. The molecule has 1 nitrogen and oxygen atoms in total. The third kappa shape index (κ3) is 2.02. The van der Waals surface area contributed by atoms with Crippen LogP contribution in [0.25, 0.3) is 11.1 Å². The molecule has 1 heteroatoms. The molecule has 0 radical (unpaired) electrons. The molecule has 0 fully saturated rings. The van der Waals surface area contributed by atoms with Crippen molar-refractivity contribution in [3.05, 3.63) is 89.5 Å². The Bertz CT molecular complexity index is 787. The van der Waals surface area contributed by atoms with Gasteiger partial charge in [0, 0.05) is 11.1 Å². The van der Waals surface area contributed by atoms with E-state index in [0.29, 0.717) is 0 Å². The van der Waals surface area contributed by atoms with Gasteiger partial charge in [-0.05, 0) is 24.1 Å². The van der Waals surface area contributed by atoms with E-state index in [4.69, 9.17) is 4.74 Å². The number of aryl methyl sites for hydroxylation is 1. The quantitative estimate of drug-likeness (QED) is 0.595. The monoisotopic (exact) mass is 272 g/mol. The van der Waals surface area contributed by atoms with Crippen LogP contribution in [0.3, 0.4) is 0 Å². The molecular formula is C20H16O. The Kier molecular flexibility index (Phi) is 2.78. The van der Waals surface area contributed by atoms with Crippen LogP contribution in [-0.2, 0) is 0 Å². The van der Waals surface area contributed by atoms with Gasteiger partial charge in [0.15, 0.2) is 0 Å². The molecule has 21 heavy (non-hydrogen) atoms. The smallest absolute Gasteiger partial charge is 0.149 e. The molecule has 102 valence electrons. The lowest BCUT2D eigenvalue weighted by molar-refractivity contribution is 0.243. The minimum Gasteiger partial charge on any atom is -0.480 e. The molecule has 0 saturated carbocycles. The van der Waals surface area contributed by atoms with Crippen molar-refractivity contribution in [3.8, 4) is 16.9 Å². The van der Waals surface area contributed by atoms with Crippen molar-refractivity contribution in [2.24, 2.45) is 0 Å². The first kappa shape index (κ1) is 12.2. The predicted molar refractivity (Wildman–Crippen MR) is 85.5 cm³/mol. The minimum absolute atomic E-state index is 0.0308. The first-order valence-electron chi connectivity index (χ1n) is 7.24. The first-order chi connectivity index (χ1) is 10.3. The summed E-state index contributed by atoms with van der Waals surface area (Å²) in [6.07, 6.45) is -0.0308. The van der Waals surface area contributed by atoms with Gasteiger partial charge >= 0.3 is 0 Å². The van der Waals surface area contributed by atoms with Crippen LogP contribution in [0.2, 0.25) is 0 Å². The Morgan fingerprint density at radius 2 is 1.38 bits per heavy atom. The van der Waals surface area contributed by atoms with E-state index in [-0.39, 0.29) is 6.10 Å². The Morgan fingerprint density at radius 3 is 2.19 bits per heavy atom. The van der Waals surface area contributed by atoms with Crippen LogP contribution < -0.4 is 4.74 Å². The second kappa shape index (κ2) is 4.78. The molecule has 1 aliphatic rings. The van der Waals surface area contributed by atoms with E-state index in [1.54, 1.807) is 0 Å². The summed E-state index contributed by atoms with van der Waals surface area (Å²) in [6, 6.07) is 25.4. The summed E-state index contributed by atoms with van der Waals surface area (Å²) in [6.45, 7) is 2.11. The number of hydrogen-bond acceptors (Lipinski definition) is 1. The van der Waals surface area contributed by atoms with Gasteiger partial charge in [-0.2, -0.15) is 0 Å². The lowest BCUT2D eigenvalue weighted by atomic mass is 9.89. The molecule has 0 N–H and O–H groups in total. The predicted octanol–water partition coefficient (Wildman–Crippen LogP) is 5.14. The average Bonchev–Trinajstić information content (AvgIpc) is 2.55. The lowest BCUT2D eigenvalue weighted by Crippen LogP contribution is -2.15. The molecule has 4 rings (SSSR count). The van der Waals surface area contributed by atoms with Crippen LogP contribution >= 0.6 is 0 Å². The maximum Gasteiger partial charge on any atom is 0.149 e. The van der Waals surface area contributed by atoms with Crippen molar-refractivity contribution in [3.63, 3.8) is 0 Å². The number of para-hydroxylation sites is 1. The van der Waals surface area contributed by atoms with E-state index in [1.807, 2.05) is 12.1 Å². The van der Waals surface area contributed by atoms with E-state index in [9.17, 15) is 0 Å². The zero-order valence-corrected chi connectivity index (χ0v) is 11.9. The van der Waals surface area contributed by atoms with E-state index in [2.05, 4.69) is 67.6 Å². The summed E-state index contributed by atoms with van der Waals surface area (Å²) in [4.78, 5) is 0. The molecule has 0 saturated heterocycles. The van der Waals surface area contributed by atoms with Gasteiger partial charge in [-0.1, -0.05) is 72.3 Å². The van der Waals surface area contributed by atoms with Crippen molar-refractivity contribution in [1.29, 1.82) is 0 Å². The van der Waals surface area contributed by atoms with Gasteiger partial charge in [0.2, 0.25) is 0 Å². The number of ether oxygens (including phenoxy) is 1. The van der Waals surface area contributed by atoms with E-state index in [1.165, 1.54) is 27.8 Å². The van der Waals surface area contributed by atoms with Gasteiger partial charge in [-0.25, -0.2) is 0 Å². The fraction of sp³-hybridized carbons (Fsp3) is 0.100.